The van der Waals surface area contributed by atoms with E-state index in [-0.39, 0.29) is 0 Å². The second kappa shape index (κ2) is 8.76. The summed E-state index contributed by atoms with van der Waals surface area (Å²) < 4.78 is 5.79. The highest BCUT2D eigenvalue weighted by Crippen LogP contribution is 2.19. The second-order valence-corrected chi connectivity index (χ2v) is 4.19. The van der Waals surface area contributed by atoms with Gasteiger partial charge in [-0.2, -0.15) is 0 Å². The highest BCUT2D eigenvalue weighted by atomic mass is 16.5. The van der Waals surface area contributed by atoms with Gasteiger partial charge in [-0.3, -0.25) is 0 Å². The predicted molar refractivity (Wildman–Crippen MR) is 63.8 cm³/mol. The summed E-state index contributed by atoms with van der Waals surface area (Å²) in [6.45, 7) is 2.82. The Bertz CT molecular complexity index is 179. The molecule has 0 heterocycles. The Morgan fingerprint density at radius 2 is 2.00 bits per heavy atom. The topological polar surface area (TPSA) is 21.3 Å². The van der Waals surface area contributed by atoms with Gasteiger partial charge in [-0.1, -0.05) is 19.3 Å². The molecule has 1 N–H and O–H groups in total. The van der Waals surface area contributed by atoms with Crippen molar-refractivity contribution in [3.05, 3.63) is 0 Å². The highest BCUT2D eigenvalue weighted by molar-refractivity contribution is 4.83. The molecule has 2 heteroatoms. The molecule has 1 rings (SSSR count). The van der Waals surface area contributed by atoms with E-state index < -0.39 is 0 Å². The van der Waals surface area contributed by atoms with Gasteiger partial charge in [0.25, 0.3) is 0 Å². The van der Waals surface area contributed by atoms with Crippen molar-refractivity contribution in [2.75, 3.05) is 19.7 Å². The average Bonchev–Trinajstić information content (AvgIpc) is 2.29. The van der Waals surface area contributed by atoms with Crippen molar-refractivity contribution in [3.8, 4) is 12.3 Å². The van der Waals surface area contributed by atoms with E-state index in [4.69, 9.17) is 11.2 Å². The highest BCUT2D eigenvalue weighted by Gasteiger charge is 2.12. The molecule has 86 valence electrons. The predicted octanol–water partition coefficient (Wildman–Crippen LogP) is 2.34. The van der Waals surface area contributed by atoms with Crippen LogP contribution in [-0.2, 0) is 4.74 Å². The van der Waals surface area contributed by atoms with Crippen LogP contribution in [0.3, 0.4) is 0 Å². The van der Waals surface area contributed by atoms with Crippen LogP contribution in [0.5, 0.6) is 0 Å². The van der Waals surface area contributed by atoms with E-state index in [0.717, 1.165) is 32.5 Å². The van der Waals surface area contributed by atoms with Gasteiger partial charge in [-0.15, -0.1) is 12.3 Å². The van der Waals surface area contributed by atoms with Crippen LogP contribution >= 0.6 is 0 Å². The molecule has 0 atom stereocenters. The van der Waals surface area contributed by atoms with Gasteiger partial charge < -0.3 is 10.1 Å². The largest absolute Gasteiger partial charge is 0.377 e. The van der Waals surface area contributed by atoms with E-state index >= 15 is 0 Å². The Morgan fingerprint density at radius 3 is 2.73 bits per heavy atom. The summed E-state index contributed by atoms with van der Waals surface area (Å²) in [4.78, 5) is 0. The summed E-state index contributed by atoms with van der Waals surface area (Å²) in [5.41, 5.74) is 0. The van der Waals surface area contributed by atoms with Gasteiger partial charge in [0.1, 0.15) is 0 Å². The fraction of sp³-hybridized carbons (Fsp3) is 0.846. The molecule has 1 saturated carbocycles. The average molecular weight is 209 g/mol. The lowest BCUT2D eigenvalue weighted by molar-refractivity contribution is 0.0304. The smallest absolute Gasteiger partial charge is 0.0594 e. The lowest BCUT2D eigenvalue weighted by Crippen LogP contribution is -2.25. The maximum atomic E-state index is 5.79. The minimum atomic E-state index is 0.534. The van der Waals surface area contributed by atoms with Crippen LogP contribution in [0, 0.1) is 12.3 Å². The maximum Gasteiger partial charge on any atom is 0.0594 e. The fourth-order valence-electron chi connectivity index (χ4n) is 1.97. The molecule has 15 heavy (non-hydrogen) atoms. The number of hydrogen-bond acceptors (Lipinski definition) is 2. The lowest BCUT2D eigenvalue weighted by atomic mass is 9.98. The van der Waals surface area contributed by atoms with Crippen molar-refractivity contribution in [3.63, 3.8) is 0 Å². The van der Waals surface area contributed by atoms with Crippen LogP contribution in [-0.4, -0.2) is 25.8 Å². The Morgan fingerprint density at radius 1 is 1.20 bits per heavy atom. The van der Waals surface area contributed by atoms with Gasteiger partial charge >= 0.3 is 0 Å². The summed E-state index contributed by atoms with van der Waals surface area (Å²) in [5, 5.41) is 3.34. The van der Waals surface area contributed by atoms with E-state index in [1.165, 1.54) is 32.1 Å². The third-order valence-electron chi connectivity index (χ3n) is 2.86. The van der Waals surface area contributed by atoms with E-state index in [2.05, 4.69) is 11.2 Å². The molecule has 2 nitrogen and oxygen atoms in total. The van der Waals surface area contributed by atoms with Gasteiger partial charge in [0.05, 0.1) is 12.7 Å². The molecule has 0 unspecified atom stereocenters. The SMILES string of the molecule is C#CCCCNCCOC1CCCCC1. The Kier molecular flexibility index (Phi) is 7.33. The van der Waals surface area contributed by atoms with Crippen LogP contribution in [0.4, 0.5) is 0 Å². The lowest BCUT2D eigenvalue weighted by Gasteiger charge is -2.21. The number of ether oxygens (including phenoxy) is 1. The van der Waals surface area contributed by atoms with E-state index in [1.807, 2.05) is 0 Å². The third-order valence-corrected chi connectivity index (χ3v) is 2.86. The van der Waals surface area contributed by atoms with Crippen molar-refractivity contribution in [1.29, 1.82) is 0 Å². The van der Waals surface area contributed by atoms with Crippen molar-refractivity contribution < 1.29 is 4.74 Å². The number of unbranched alkanes of at least 4 members (excludes halogenated alkanes) is 1. The standard InChI is InChI=1S/C13H23NO/c1-2-3-7-10-14-11-12-15-13-8-5-4-6-9-13/h1,13-14H,3-12H2. The van der Waals surface area contributed by atoms with Crippen molar-refractivity contribution in [2.24, 2.45) is 0 Å². The van der Waals surface area contributed by atoms with Gasteiger partial charge in [0, 0.05) is 13.0 Å². The number of hydrogen-bond donors (Lipinski definition) is 1. The summed E-state index contributed by atoms with van der Waals surface area (Å²) in [7, 11) is 0. The molecule has 0 bridgehead atoms. The summed E-state index contributed by atoms with van der Waals surface area (Å²) in [6, 6.07) is 0. The summed E-state index contributed by atoms with van der Waals surface area (Å²) in [6.07, 6.45) is 14.2. The van der Waals surface area contributed by atoms with Crippen LogP contribution < -0.4 is 5.32 Å². The summed E-state index contributed by atoms with van der Waals surface area (Å²) >= 11 is 0. The molecule has 1 aliphatic rings. The van der Waals surface area contributed by atoms with Crippen LogP contribution in [0.25, 0.3) is 0 Å². The monoisotopic (exact) mass is 209 g/mol. The molecular weight excluding hydrogens is 186 g/mol. The van der Waals surface area contributed by atoms with Crippen LogP contribution in [0.1, 0.15) is 44.9 Å². The summed E-state index contributed by atoms with van der Waals surface area (Å²) in [5.74, 6) is 2.64. The molecule has 0 saturated heterocycles. The zero-order valence-electron chi connectivity index (χ0n) is 9.63. The molecule has 1 aliphatic carbocycles. The Balaban J connectivity index is 1.82. The third kappa shape index (κ3) is 6.54. The minimum Gasteiger partial charge on any atom is -0.377 e. The van der Waals surface area contributed by atoms with Gasteiger partial charge in [-0.25, -0.2) is 0 Å². The first-order valence-corrected chi connectivity index (χ1v) is 6.19. The van der Waals surface area contributed by atoms with Crippen molar-refractivity contribution in [1.82, 2.24) is 5.32 Å². The number of nitrogens with one attached hydrogen (secondary N) is 1. The zero-order valence-corrected chi connectivity index (χ0v) is 9.63. The molecule has 0 aromatic rings. The molecule has 0 aromatic heterocycles. The molecule has 0 aliphatic heterocycles. The van der Waals surface area contributed by atoms with Gasteiger partial charge in [0.2, 0.25) is 0 Å². The molecule has 0 amide bonds. The molecule has 0 spiro atoms. The normalized spacial score (nSPS) is 17.5. The molecule has 1 fully saturated rings. The maximum absolute atomic E-state index is 5.79. The van der Waals surface area contributed by atoms with E-state index in [1.54, 1.807) is 0 Å². The van der Waals surface area contributed by atoms with Crippen molar-refractivity contribution >= 4 is 0 Å². The fourth-order valence-corrected chi connectivity index (χ4v) is 1.97. The number of terminal acetylenes is 1. The zero-order chi connectivity index (χ0) is 10.8. The van der Waals surface area contributed by atoms with E-state index in [0.29, 0.717) is 6.10 Å². The van der Waals surface area contributed by atoms with Crippen LogP contribution in [0.2, 0.25) is 0 Å². The first-order chi connectivity index (χ1) is 7.43. The second-order valence-electron chi connectivity index (χ2n) is 4.19. The van der Waals surface area contributed by atoms with Gasteiger partial charge in [-0.05, 0) is 25.8 Å². The van der Waals surface area contributed by atoms with Crippen molar-refractivity contribution in [2.45, 2.75) is 51.0 Å². The Labute approximate surface area is 93.8 Å². The van der Waals surface area contributed by atoms with Gasteiger partial charge in [0.15, 0.2) is 0 Å². The quantitative estimate of drug-likeness (QED) is 0.513. The first-order valence-electron chi connectivity index (χ1n) is 6.19. The molecular formula is C13H23NO. The first kappa shape index (κ1) is 12.5. The van der Waals surface area contributed by atoms with Crippen LogP contribution in [0.15, 0.2) is 0 Å². The Hall–Kier alpha value is -0.520. The van der Waals surface area contributed by atoms with E-state index in [9.17, 15) is 0 Å². The molecule has 0 radical (unpaired) electrons. The number of rotatable bonds is 7. The minimum absolute atomic E-state index is 0.534. The molecule has 0 aromatic carbocycles.